The van der Waals surface area contributed by atoms with Crippen molar-refractivity contribution >= 4 is 5.97 Å². The number of rotatable bonds is 5. The summed E-state index contributed by atoms with van der Waals surface area (Å²) in [5.74, 6) is -0.907. The van der Waals surface area contributed by atoms with Crippen molar-refractivity contribution in [2.45, 2.75) is 13.1 Å². The highest BCUT2D eigenvalue weighted by molar-refractivity contribution is 5.85. The molecular formula is C14H14FNO5. The lowest BCUT2D eigenvalue weighted by Crippen LogP contribution is -1.98. The third kappa shape index (κ3) is 2.81. The van der Waals surface area contributed by atoms with Crippen molar-refractivity contribution in [2.24, 2.45) is 0 Å². The van der Waals surface area contributed by atoms with Crippen molar-refractivity contribution in [1.82, 2.24) is 5.16 Å². The van der Waals surface area contributed by atoms with Gasteiger partial charge in [-0.3, -0.25) is 0 Å². The summed E-state index contributed by atoms with van der Waals surface area (Å²) in [7, 11) is 2.85. The molecule has 1 aromatic carbocycles. The smallest absolute Gasteiger partial charge is 0.374 e. The molecule has 1 aromatic heterocycles. The SMILES string of the molecule is COc1cc(-c2cc(C(=O)O)on2)cc(C(C)F)c1OC. The number of aromatic carboxylic acids is 1. The van der Waals surface area contributed by atoms with E-state index in [4.69, 9.17) is 19.1 Å². The highest BCUT2D eigenvalue weighted by Crippen LogP contribution is 2.40. The van der Waals surface area contributed by atoms with Crippen LogP contribution in [0.3, 0.4) is 0 Å². The van der Waals surface area contributed by atoms with E-state index in [1.807, 2.05) is 0 Å². The maximum atomic E-state index is 13.8. The Morgan fingerprint density at radius 2 is 2.05 bits per heavy atom. The van der Waals surface area contributed by atoms with Crippen LogP contribution in [0.25, 0.3) is 11.3 Å². The average molecular weight is 295 g/mol. The lowest BCUT2D eigenvalue weighted by atomic mass is 10.0. The molecule has 112 valence electrons. The van der Waals surface area contributed by atoms with E-state index in [0.717, 1.165) is 0 Å². The first-order valence-corrected chi connectivity index (χ1v) is 6.08. The fourth-order valence-corrected chi connectivity index (χ4v) is 1.95. The Labute approximate surface area is 120 Å². The predicted molar refractivity (Wildman–Crippen MR) is 71.5 cm³/mol. The highest BCUT2D eigenvalue weighted by Gasteiger charge is 2.20. The van der Waals surface area contributed by atoms with Crippen LogP contribution in [0, 0.1) is 0 Å². The molecule has 0 saturated carbocycles. The minimum atomic E-state index is -1.29. The molecule has 6 nitrogen and oxygen atoms in total. The molecule has 0 radical (unpaired) electrons. The molecule has 1 atom stereocenters. The third-order valence-electron chi connectivity index (χ3n) is 2.95. The first kappa shape index (κ1) is 14.8. The molecule has 0 aliphatic rings. The first-order chi connectivity index (χ1) is 9.97. The van der Waals surface area contributed by atoms with Gasteiger partial charge in [-0.05, 0) is 19.1 Å². The predicted octanol–water partition coefficient (Wildman–Crippen LogP) is 3.09. The molecule has 0 saturated heterocycles. The van der Waals surface area contributed by atoms with E-state index >= 15 is 0 Å². The summed E-state index contributed by atoms with van der Waals surface area (Å²) < 4.78 is 28.8. The van der Waals surface area contributed by atoms with Gasteiger partial charge < -0.3 is 19.1 Å². The number of carbonyl (C=O) groups is 1. The number of benzene rings is 1. The van der Waals surface area contributed by atoms with E-state index in [2.05, 4.69) is 5.16 Å². The fourth-order valence-electron chi connectivity index (χ4n) is 1.95. The van der Waals surface area contributed by atoms with Crippen molar-refractivity contribution in [3.05, 3.63) is 29.5 Å². The topological polar surface area (TPSA) is 81.8 Å². The second kappa shape index (κ2) is 5.82. The van der Waals surface area contributed by atoms with Crippen LogP contribution in [0.15, 0.2) is 22.7 Å². The van der Waals surface area contributed by atoms with Crippen molar-refractivity contribution < 1.29 is 28.3 Å². The van der Waals surface area contributed by atoms with Gasteiger partial charge >= 0.3 is 5.97 Å². The van der Waals surface area contributed by atoms with Crippen molar-refractivity contribution in [1.29, 1.82) is 0 Å². The first-order valence-electron chi connectivity index (χ1n) is 6.08. The Balaban J connectivity index is 2.58. The molecule has 0 aliphatic heterocycles. The lowest BCUT2D eigenvalue weighted by molar-refractivity contribution is 0.0652. The molecule has 0 aliphatic carbocycles. The van der Waals surface area contributed by atoms with E-state index in [-0.39, 0.29) is 17.0 Å². The molecule has 21 heavy (non-hydrogen) atoms. The van der Waals surface area contributed by atoms with Crippen LogP contribution in [-0.4, -0.2) is 30.5 Å². The zero-order valence-corrected chi connectivity index (χ0v) is 11.7. The lowest BCUT2D eigenvalue weighted by Gasteiger charge is -2.15. The monoisotopic (exact) mass is 295 g/mol. The number of alkyl halides is 1. The number of hydrogen-bond acceptors (Lipinski definition) is 5. The number of carboxylic acids is 1. The van der Waals surface area contributed by atoms with Gasteiger partial charge in [0.1, 0.15) is 11.9 Å². The molecule has 7 heteroatoms. The van der Waals surface area contributed by atoms with Gasteiger partial charge in [-0.2, -0.15) is 0 Å². The Kier molecular flexibility index (Phi) is 4.11. The number of nitrogens with zero attached hydrogens (tertiary/aromatic N) is 1. The number of ether oxygens (including phenoxy) is 2. The second-order valence-corrected chi connectivity index (χ2v) is 4.30. The van der Waals surface area contributed by atoms with Crippen LogP contribution in [0.4, 0.5) is 4.39 Å². The van der Waals surface area contributed by atoms with Crippen molar-refractivity contribution in [3.63, 3.8) is 0 Å². The van der Waals surface area contributed by atoms with Gasteiger partial charge in [0.05, 0.1) is 14.2 Å². The minimum Gasteiger partial charge on any atom is -0.493 e. The molecule has 0 fully saturated rings. The van der Waals surface area contributed by atoms with E-state index < -0.39 is 12.1 Å². The van der Waals surface area contributed by atoms with E-state index in [9.17, 15) is 9.18 Å². The summed E-state index contributed by atoms with van der Waals surface area (Å²) >= 11 is 0. The van der Waals surface area contributed by atoms with Gasteiger partial charge in [-0.25, -0.2) is 9.18 Å². The van der Waals surface area contributed by atoms with Crippen LogP contribution in [0.2, 0.25) is 0 Å². The van der Waals surface area contributed by atoms with Gasteiger partial charge in [-0.1, -0.05) is 5.16 Å². The quantitative estimate of drug-likeness (QED) is 0.912. The summed E-state index contributed by atoms with van der Waals surface area (Å²) in [4.78, 5) is 10.8. The van der Waals surface area contributed by atoms with Crippen LogP contribution < -0.4 is 9.47 Å². The van der Waals surface area contributed by atoms with Crippen LogP contribution >= 0.6 is 0 Å². The molecule has 2 aromatic rings. The molecule has 1 N–H and O–H groups in total. The number of methoxy groups -OCH3 is 2. The zero-order valence-electron chi connectivity index (χ0n) is 11.7. The Morgan fingerprint density at radius 1 is 1.33 bits per heavy atom. The van der Waals surface area contributed by atoms with E-state index in [1.165, 1.54) is 33.3 Å². The Morgan fingerprint density at radius 3 is 2.52 bits per heavy atom. The van der Waals surface area contributed by atoms with E-state index in [1.54, 1.807) is 6.07 Å². The average Bonchev–Trinajstić information content (AvgIpc) is 2.95. The highest BCUT2D eigenvalue weighted by atomic mass is 19.1. The largest absolute Gasteiger partial charge is 0.493 e. The molecule has 0 bridgehead atoms. The summed E-state index contributed by atoms with van der Waals surface area (Å²) in [5.41, 5.74) is 1.03. The Hall–Kier alpha value is -2.57. The summed E-state index contributed by atoms with van der Waals surface area (Å²) in [5, 5.41) is 12.5. The standard InChI is InChI=1S/C14H14FNO5/c1-7(15)9-4-8(5-11(19-2)13(9)20-3)10-6-12(14(17)18)21-16-10/h4-7H,1-3H3,(H,17,18). The molecule has 0 amide bonds. The summed E-state index contributed by atoms with van der Waals surface area (Å²) in [6, 6.07) is 4.36. The normalized spacial score (nSPS) is 12.0. The fraction of sp³-hybridized carbons (Fsp3) is 0.286. The van der Waals surface area contributed by atoms with Gasteiger partial charge in [0.25, 0.3) is 0 Å². The maximum Gasteiger partial charge on any atom is 0.374 e. The molecular weight excluding hydrogens is 281 g/mol. The number of hydrogen-bond donors (Lipinski definition) is 1. The summed E-state index contributed by atoms with van der Waals surface area (Å²) in [6.07, 6.45) is -1.29. The maximum absolute atomic E-state index is 13.8. The molecule has 1 unspecified atom stereocenters. The van der Waals surface area contributed by atoms with Gasteiger partial charge in [-0.15, -0.1) is 0 Å². The second-order valence-electron chi connectivity index (χ2n) is 4.30. The molecule has 2 rings (SSSR count). The molecule has 0 spiro atoms. The summed E-state index contributed by atoms with van der Waals surface area (Å²) in [6.45, 7) is 1.37. The van der Waals surface area contributed by atoms with Gasteiger partial charge in [0, 0.05) is 17.2 Å². The van der Waals surface area contributed by atoms with Crippen molar-refractivity contribution in [2.75, 3.05) is 14.2 Å². The number of carboxylic acid groups (broad SMARTS) is 1. The third-order valence-corrected chi connectivity index (χ3v) is 2.95. The van der Waals surface area contributed by atoms with Crippen molar-refractivity contribution in [3.8, 4) is 22.8 Å². The minimum absolute atomic E-state index is 0.273. The zero-order chi connectivity index (χ0) is 15.6. The number of halogens is 1. The van der Waals surface area contributed by atoms with Crippen LogP contribution in [-0.2, 0) is 0 Å². The number of aromatic nitrogens is 1. The van der Waals surface area contributed by atoms with Crippen LogP contribution in [0.5, 0.6) is 11.5 Å². The van der Waals surface area contributed by atoms with E-state index in [0.29, 0.717) is 17.1 Å². The molecule has 1 heterocycles. The van der Waals surface area contributed by atoms with Crippen LogP contribution in [0.1, 0.15) is 29.2 Å². The van der Waals surface area contributed by atoms with Gasteiger partial charge in [0.2, 0.25) is 5.76 Å². The van der Waals surface area contributed by atoms with Gasteiger partial charge in [0.15, 0.2) is 11.5 Å². The Bertz CT molecular complexity index is 665.